The standard InChI is InChI=1S/C10H20O3/c1-2-3-4-5-6-7-13-9-10(12)8-11/h2,10-12H,1,3-9H2. The first-order valence-corrected chi connectivity index (χ1v) is 4.78. The van der Waals surface area contributed by atoms with Gasteiger partial charge in [0.1, 0.15) is 6.10 Å². The molecule has 78 valence electrons. The van der Waals surface area contributed by atoms with Gasteiger partial charge in [-0.2, -0.15) is 0 Å². The van der Waals surface area contributed by atoms with E-state index >= 15 is 0 Å². The highest BCUT2D eigenvalue weighted by Gasteiger charge is 2.00. The van der Waals surface area contributed by atoms with Gasteiger partial charge in [-0.05, 0) is 19.3 Å². The van der Waals surface area contributed by atoms with Crippen LogP contribution in [0.3, 0.4) is 0 Å². The Balaban J connectivity index is 2.95. The molecule has 1 unspecified atom stereocenters. The Hall–Kier alpha value is -0.380. The van der Waals surface area contributed by atoms with Crippen LogP contribution in [0.2, 0.25) is 0 Å². The normalized spacial score (nSPS) is 12.8. The van der Waals surface area contributed by atoms with Crippen molar-refractivity contribution in [3.8, 4) is 0 Å². The van der Waals surface area contributed by atoms with Gasteiger partial charge in [0, 0.05) is 6.61 Å². The zero-order valence-corrected chi connectivity index (χ0v) is 8.11. The van der Waals surface area contributed by atoms with E-state index in [-0.39, 0.29) is 13.2 Å². The van der Waals surface area contributed by atoms with Crippen molar-refractivity contribution >= 4 is 0 Å². The molecule has 0 saturated heterocycles. The third-order valence-corrected chi connectivity index (χ3v) is 1.72. The number of aliphatic hydroxyl groups is 2. The zero-order valence-electron chi connectivity index (χ0n) is 8.11. The highest BCUT2D eigenvalue weighted by Crippen LogP contribution is 2.00. The molecule has 0 bridgehead atoms. The number of allylic oxidation sites excluding steroid dienone is 1. The van der Waals surface area contributed by atoms with E-state index in [1.807, 2.05) is 6.08 Å². The fourth-order valence-electron chi connectivity index (χ4n) is 0.942. The molecule has 0 aromatic carbocycles. The van der Waals surface area contributed by atoms with Crippen LogP contribution < -0.4 is 0 Å². The third kappa shape index (κ3) is 9.53. The molecule has 0 fully saturated rings. The summed E-state index contributed by atoms with van der Waals surface area (Å²) in [5.41, 5.74) is 0. The van der Waals surface area contributed by atoms with Crippen molar-refractivity contribution in [1.82, 2.24) is 0 Å². The lowest BCUT2D eigenvalue weighted by atomic mass is 10.2. The van der Waals surface area contributed by atoms with E-state index in [1.54, 1.807) is 0 Å². The summed E-state index contributed by atoms with van der Waals surface area (Å²) >= 11 is 0. The minimum Gasteiger partial charge on any atom is -0.394 e. The van der Waals surface area contributed by atoms with Crippen molar-refractivity contribution in [2.24, 2.45) is 0 Å². The molecule has 0 aliphatic heterocycles. The van der Waals surface area contributed by atoms with Crippen LogP contribution in [0, 0.1) is 0 Å². The Kier molecular flexibility index (Phi) is 9.42. The summed E-state index contributed by atoms with van der Waals surface area (Å²) < 4.78 is 5.13. The summed E-state index contributed by atoms with van der Waals surface area (Å²) in [4.78, 5) is 0. The average Bonchev–Trinajstić information content (AvgIpc) is 2.16. The molecule has 0 radical (unpaired) electrons. The largest absolute Gasteiger partial charge is 0.394 e. The molecular weight excluding hydrogens is 168 g/mol. The topological polar surface area (TPSA) is 49.7 Å². The lowest BCUT2D eigenvalue weighted by molar-refractivity contribution is 0.00529. The van der Waals surface area contributed by atoms with Gasteiger partial charge < -0.3 is 14.9 Å². The van der Waals surface area contributed by atoms with Crippen molar-refractivity contribution in [2.45, 2.75) is 31.8 Å². The summed E-state index contributed by atoms with van der Waals surface area (Å²) in [7, 11) is 0. The van der Waals surface area contributed by atoms with Gasteiger partial charge in [0.05, 0.1) is 13.2 Å². The Morgan fingerprint density at radius 2 is 2.08 bits per heavy atom. The van der Waals surface area contributed by atoms with Crippen LogP contribution in [-0.4, -0.2) is 36.1 Å². The summed E-state index contributed by atoms with van der Waals surface area (Å²) in [5, 5.41) is 17.4. The minimum atomic E-state index is -0.729. The quantitative estimate of drug-likeness (QED) is 0.421. The van der Waals surface area contributed by atoms with Crippen molar-refractivity contribution in [1.29, 1.82) is 0 Å². The fraction of sp³-hybridized carbons (Fsp3) is 0.800. The maximum Gasteiger partial charge on any atom is 0.100 e. The SMILES string of the molecule is C=CCCCCCOCC(O)CO. The maximum absolute atomic E-state index is 8.91. The second-order valence-electron chi connectivity index (χ2n) is 3.05. The summed E-state index contributed by atoms with van der Waals surface area (Å²) in [6.07, 6.45) is 5.52. The van der Waals surface area contributed by atoms with Crippen LogP contribution in [0.1, 0.15) is 25.7 Å². The van der Waals surface area contributed by atoms with Crippen LogP contribution >= 0.6 is 0 Å². The first kappa shape index (κ1) is 12.6. The van der Waals surface area contributed by atoms with Crippen LogP contribution in [0.4, 0.5) is 0 Å². The Morgan fingerprint density at radius 3 is 2.69 bits per heavy atom. The highest BCUT2D eigenvalue weighted by molar-refractivity contribution is 4.65. The molecule has 3 heteroatoms. The Morgan fingerprint density at radius 1 is 1.31 bits per heavy atom. The van der Waals surface area contributed by atoms with E-state index in [0.29, 0.717) is 6.61 Å². The summed E-state index contributed by atoms with van der Waals surface area (Å²) in [6, 6.07) is 0. The monoisotopic (exact) mass is 188 g/mol. The van der Waals surface area contributed by atoms with E-state index in [4.69, 9.17) is 14.9 Å². The molecule has 0 aliphatic rings. The van der Waals surface area contributed by atoms with Gasteiger partial charge >= 0.3 is 0 Å². The van der Waals surface area contributed by atoms with Gasteiger partial charge in [0.2, 0.25) is 0 Å². The minimum absolute atomic E-state index is 0.226. The summed E-state index contributed by atoms with van der Waals surface area (Å²) in [5.74, 6) is 0. The summed E-state index contributed by atoms with van der Waals surface area (Å²) in [6.45, 7) is 4.31. The molecule has 0 amide bonds. The lowest BCUT2D eigenvalue weighted by Gasteiger charge is -2.07. The molecule has 3 nitrogen and oxygen atoms in total. The zero-order chi connectivity index (χ0) is 9.94. The second kappa shape index (κ2) is 9.71. The average molecular weight is 188 g/mol. The lowest BCUT2D eigenvalue weighted by Crippen LogP contribution is -2.19. The van der Waals surface area contributed by atoms with Gasteiger partial charge in [0.15, 0.2) is 0 Å². The van der Waals surface area contributed by atoms with E-state index < -0.39 is 6.10 Å². The van der Waals surface area contributed by atoms with Crippen LogP contribution in [-0.2, 0) is 4.74 Å². The van der Waals surface area contributed by atoms with Gasteiger partial charge in [-0.25, -0.2) is 0 Å². The molecule has 13 heavy (non-hydrogen) atoms. The van der Waals surface area contributed by atoms with Crippen LogP contribution in [0.5, 0.6) is 0 Å². The molecule has 2 N–H and O–H groups in total. The second-order valence-corrected chi connectivity index (χ2v) is 3.05. The van der Waals surface area contributed by atoms with Crippen LogP contribution in [0.25, 0.3) is 0 Å². The fourth-order valence-corrected chi connectivity index (χ4v) is 0.942. The number of hydrogen-bond donors (Lipinski definition) is 2. The number of hydrogen-bond acceptors (Lipinski definition) is 3. The molecule has 0 aromatic heterocycles. The van der Waals surface area contributed by atoms with Gasteiger partial charge in [0.25, 0.3) is 0 Å². The first-order chi connectivity index (χ1) is 6.31. The van der Waals surface area contributed by atoms with Crippen LogP contribution in [0.15, 0.2) is 12.7 Å². The van der Waals surface area contributed by atoms with E-state index in [9.17, 15) is 0 Å². The van der Waals surface area contributed by atoms with E-state index in [0.717, 1.165) is 25.7 Å². The number of rotatable bonds is 9. The molecule has 0 aliphatic carbocycles. The smallest absolute Gasteiger partial charge is 0.100 e. The predicted octanol–water partition coefficient (Wildman–Crippen LogP) is 1.10. The van der Waals surface area contributed by atoms with E-state index in [1.165, 1.54) is 0 Å². The molecule has 0 saturated carbocycles. The number of ether oxygens (including phenoxy) is 1. The number of aliphatic hydroxyl groups excluding tert-OH is 2. The molecule has 0 aromatic rings. The molecule has 1 atom stereocenters. The third-order valence-electron chi connectivity index (χ3n) is 1.72. The van der Waals surface area contributed by atoms with Gasteiger partial charge in [-0.1, -0.05) is 12.5 Å². The van der Waals surface area contributed by atoms with Crippen molar-refractivity contribution in [2.75, 3.05) is 19.8 Å². The van der Waals surface area contributed by atoms with Gasteiger partial charge in [-0.15, -0.1) is 6.58 Å². The maximum atomic E-state index is 8.91. The van der Waals surface area contributed by atoms with Gasteiger partial charge in [-0.3, -0.25) is 0 Å². The molecule has 0 spiro atoms. The predicted molar refractivity (Wildman–Crippen MR) is 52.6 cm³/mol. The molecule has 0 rings (SSSR count). The van der Waals surface area contributed by atoms with E-state index in [2.05, 4.69) is 6.58 Å². The Labute approximate surface area is 80.0 Å². The van der Waals surface area contributed by atoms with Crippen molar-refractivity contribution < 1.29 is 14.9 Å². The highest BCUT2D eigenvalue weighted by atomic mass is 16.5. The van der Waals surface area contributed by atoms with Crippen molar-refractivity contribution in [3.63, 3.8) is 0 Å². The van der Waals surface area contributed by atoms with Crippen molar-refractivity contribution in [3.05, 3.63) is 12.7 Å². The molecular formula is C10H20O3. The number of unbranched alkanes of at least 4 members (excludes halogenated alkanes) is 3. The molecule has 0 heterocycles. The Bertz CT molecular complexity index is 115. The first-order valence-electron chi connectivity index (χ1n) is 4.78.